The van der Waals surface area contributed by atoms with Crippen molar-refractivity contribution in [1.82, 2.24) is 14.8 Å². The third-order valence-corrected chi connectivity index (χ3v) is 2.56. The Morgan fingerprint density at radius 3 is 2.71 bits per heavy atom. The van der Waals surface area contributed by atoms with E-state index >= 15 is 0 Å². The van der Waals surface area contributed by atoms with Crippen LogP contribution in [0.15, 0.2) is 18.2 Å². The number of aryl methyl sites for hydroxylation is 2. The molecule has 0 atom stereocenters. The molecule has 0 saturated carbocycles. The molecule has 0 aliphatic rings. The van der Waals surface area contributed by atoms with E-state index in [1.807, 2.05) is 32.0 Å². The van der Waals surface area contributed by atoms with Gasteiger partial charge in [0.25, 0.3) is 0 Å². The van der Waals surface area contributed by atoms with Crippen LogP contribution in [0.2, 0.25) is 0 Å². The number of nitrogens with two attached hydrogens (primary N) is 1. The van der Waals surface area contributed by atoms with Crippen LogP contribution in [0.25, 0.3) is 5.69 Å². The Morgan fingerprint density at radius 2 is 2.12 bits per heavy atom. The Hall–Kier alpha value is -1.88. The second-order valence-electron chi connectivity index (χ2n) is 3.87. The number of rotatable bonds is 3. The monoisotopic (exact) mass is 232 g/mol. The smallest absolute Gasteiger partial charge is 0.164 e. The maximum absolute atomic E-state index is 5.54. The molecule has 5 nitrogen and oxygen atoms in total. The Bertz CT molecular complexity index is 533. The van der Waals surface area contributed by atoms with Crippen molar-refractivity contribution in [3.63, 3.8) is 0 Å². The van der Waals surface area contributed by atoms with Crippen molar-refractivity contribution in [1.29, 1.82) is 0 Å². The van der Waals surface area contributed by atoms with Crippen LogP contribution < -0.4 is 10.5 Å². The summed E-state index contributed by atoms with van der Waals surface area (Å²) in [5.41, 5.74) is 7.57. The van der Waals surface area contributed by atoms with Crippen LogP contribution in [-0.4, -0.2) is 21.9 Å². The average Bonchev–Trinajstić information content (AvgIpc) is 2.70. The first-order chi connectivity index (χ1) is 8.15. The van der Waals surface area contributed by atoms with Gasteiger partial charge in [-0.25, -0.2) is 9.67 Å². The Balaban J connectivity index is 2.58. The summed E-state index contributed by atoms with van der Waals surface area (Å²) >= 11 is 0. The molecule has 2 N–H and O–H groups in total. The molecular weight excluding hydrogens is 216 g/mol. The topological polar surface area (TPSA) is 66.0 Å². The molecule has 0 amide bonds. The Kier molecular flexibility index (Phi) is 3.10. The average molecular weight is 232 g/mol. The van der Waals surface area contributed by atoms with Gasteiger partial charge in [-0.15, -0.1) is 5.10 Å². The standard InChI is InChI=1S/C12H16N4O/c1-8-4-5-11(17-3)10(6-8)16-9(2)14-12(7-13)15-16/h4-6H,7,13H2,1-3H3. The molecule has 90 valence electrons. The SMILES string of the molecule is COc1ccc(C)cc1-n1nc(CN)nc1C. The van der Waals surface area contributed by atoms with E-state index in [0.29, 0.717) is 12.4 Å². The Labute approximate surface area is 100 Å². The van der Waals surface area contributed by atoms with Crippen LogP contribution in [0.1, 0.15) is 17.2 Å². The normalized spacial score (nSPS) is 10.6. The number of ether oxygens (including phenoxy) is 1. The lowest BCUT2D eigenvalue weighted by Gasteiger charge is -2.09. The molecule has 0 bridgehead atoms. The minimum atomic E-state index is 0.335. The summed E-state index contributed by atoms with van der Waals surface area (Å²) in [6, 6.07) is 5.94. The van der Waals surface area contributed by atoms with Gasteiger partial charge in [0.05, 0.1) is 13.7 Å². The second kappa shape index (κ2) is 4.55. The van der Waals surface area contributed by atoms with Crippen LogP contribution in [0.3, 0.4) is 0 Å². The van der Waals surface area contributed by atoms with Crippen LogP contribution in [0, 0.1) is 13.8 Å². The van der Waals surface area contributed by atoms with Crippen molar-refractivity contribution in [2.75, 3.05) is 7.11 Å². The zero-order valence-electron chi connectivity index (χ0n) is 10.3. The van der Waals surface area contributed by atoms with Gasteiger partial charge in [-0.1, -0.05) is 6.07 Å². The first-order valence-electron chi connectivity index (χ1n) is 5.43. The van der Waals surface area contributed by atoms with E-state index in [1.165, 1.54) is 0 Å². The third-order valence-electron chi connectivity index (χ3n) is 2.56. The van der Waals surface area contributed by atoms with Crippen molar-refractivity contribution in [2.45, 2.75) is 20.4 Å². The predicted octanol–water partition coefficient (Wildman–Crippen LogP) is 1.35. The summed E-state index contributed by atoms with van der Waals surface area (Å²) in [5, 5.41) is 4.35. The van der Waals surface area contributed by atoms with Gasteiger partial charge in [0.15, 0.2) is 5.82 Å². The summed E-state index contributed by atoms with van der Waals surface area (Å²) < 4.78 is 7.09. The van der Waals surface area contributed by atoms with Crippen molar-refractivity contribution in [2.24, 2.45) is 5.73 Å². The number of aromatic nitrogens is 3. The van der Waals surface area contributed by atoms with Gasteiger partial charge in [0.1, 0.15) is 17.3 Å². The van der Waals surface area contributed by atoms with Crippen molar-refractivity contribution >= 4 is 0 Å². The molecule has 0 aliphatic heterocycles. The highest BCUT2D eigenvalue weighted by atomic mass is 16.5. The molecule has 17 heavy (non-hydrogen) atoms. The lowest BCUT2D eigenvalue weighted by molar-refractivity contribution is 0.411. The van der Waals surface area contributed by atoms with E-state index in [2.05, 4.69) is 10.1 Å². The minimum Gasteiger partial charge on any atom is -0.494 e. The molecule has 0 aliphatic carbocycles. The second-order valence-corrected chi connectivity index (χ2v) is 3.87. The zero-order chi connectivity index (χ0) is 12.4. The van der Waals surface area contributed by atoms with Gasteiger partial charge in [-0.05, 0) is 31.5 Å². The van der Waals surface area contributed by atoms with E-state index in [0.717, 1.165) is 22.8 Å². The lowest BCUT2D eigenvalue weighted by atomic mass is 10.2. The van der Waals surface area contributed by atoms with E-state index in [9.17, 15) is 0 Å². The van der Waals surface area contributed by atoms with E-state index in [1.54, 1.807) is 11.8 Å². The largest absolute Gasteiger partial charge is 0.494 e. The molecule has 2 aromatic rings. The molecule has 1 aromatic heterocycles. The van der Waals surface area contributed by atoms with Crippen LogP contribution in [-0.2, 0) is 6.54 Å². The van der Waals surface area contributed by atoms with Gasteiger partial charge in [-0.2, -0.15) is 0 Å². The fourth-order valence-corrected chi connectivity index (χ4v) is 1.72. The first-order valence-corrected chi connectivity index (χ1v) is 5.43. The number of benzene rings is 1. The minimum absolute atomic E-state index is 0.335. The molecule has 0 spiro atoms. The summed E-state index contributed by atoms with van der Waals surface area (Å²) in [7, 11) is 1.64. The van der Waals surface area contributed by atoms with Crippen molar-refractivity contribution in [3.8, 4) is 11.4 Å². The third kappa shape index (κ3) is 2.14. The van der Waals surface area contributed by atoms with Crippen molar-refractivity contribution in [3.05, 3.63) is 35.4 Å². The molecule has 1 aromatic carbocycles. The lowest BCUT2D eigenvalue weighted by Crippen LogP contribution is -2.04. The number of nitrogens with zero attached hydrogens (tertiary/aromatic N) is 3. The van der Waals surface area contributed by atoms with E-state index in [4.69, 9.17) is 10.5 Å². The van der Waals surface area contributed by atoms with Gasteiger partial charge in [0, 0.05) is 0 Å². The number of hydrogen-bond donors (Lipinski definition) is 1. The van der Waals surface area contributed by atoms with Crippen LogP contribution in [0.4, 0.5) is 0 Å². The van der Waals surface area contributed by atoms with Gasteiger partial charge in [-0.3, -0.25) is 0 Å². The van der Waals surface area contributed by atoms with E-state index in [-0.39, 0.29) is 0 Å². The highest BCUT2D eigenvalue weighted by Gasteiger charge is 2.11. The summed E-state index contributed by atoms with van der Waals surface area (Å²) in [4.78, 5) is 4.28. The predicted molar refractivity (Wildman–Crippen MR) is 65.3 cm³/mol. The molecule has 0 radical (unpaired) electrons. The summed E-state index contributed by atoms with van der Waals surface area (Å²) in [6.45, 7) is 4.26. The highest BCUT2D eigenvalue weighted by Crippen LogP contribution is 2.24. The summed E-state index contributed by atoms with van der Waals surface area (Å²) in [5.74, 6) is 2.20. The molecule has 0 saturated heterocycles. The maximum Gasteiger partial charge on any atom is 0.164 e. The van der Waals surface area contributed by atoms with Gasteiger partial charge >= 0.3 is 0 Å². The molecule has 5 heteroatoms. The summed E-state index contributed by atoms with van der Waals surface area (Å²) in [6.07, 6.45) is 0. The molecule has 1 heterocycles. The van der Waals surface area contributed by atoms with Gasteiger partial charge in [0.2, 0.25) is 0 Å². The first kappa shape index (κ1) is 11.6. The number of hydrogen-bond acceptors (Lipinski definition) is 4. The zero-order valence-corrected chi connectivity index (χ0v) is 10.3. The maximum atomic E-state index is 5.54. The van der Waals surface area contributed by atoms with Crippen LogP contribution in [0.5, 0.6) is 5.75 Å². The van der Waals surface area contributed by atoms with Crippen molar-refractivity contribution < 1.29 is 4.74 Å². The van der Waals surface area contributed by atoms with Crippen LogP contribution >= 0.6 is 0 Å². The fraction of sp³-hybridized carbons (Fsp3) is 0.333. The molecule has 2 rings (SSSR count). The highest BCUT2D eigenvalue weighted by molar-refractivity contribution is 5.48. The number of methoxy groups -OCH3 is 1. The van der Waals surface area contributed by atoms with E-state index < -0.39 is 0 Å². The molecular formula is C12H16N4O. The fourth-order valence-electron chi connectivity index (χ4n) is 1.72. The molecule has 0 unspecified atom stereocenters. The van der Waals surface area contributed by atoms with Gasteiger partial charge < -0.3 is 10.5 Å². The Morgan fingerprint density at radius 1 is 1.35 bits per heavy atom. The molecule has 0 fully saturated rings. The quantitative estimate of drug-likeness (QED) is 0.867.